The van der Waals surface area contributed by atoms with Gasteiger partial charge >= 0.3 is 0 Å². The number of nitrogens with zero attached hydrogens (tertiary/aromatic N) is 4. The second-order valence-electron chi connectivity index (χ2n) is 6.70. The Labute approximate surface area is 175 Å². The number of aliphatic hydroxyl groups is 1. The van der Waals surface area contributed by atoms with Gasteiger partial charge in [0.25, 0.3) is 0 Å². The first kappa shape index (κ1) is 21.6. The third-order valence-electron chi connectivity index (χ3n) is 4.65. The third kappa shape index (κ3) is 5.71. The Morgan fingerprint density at radius 2 is 1.97 bits per heavy atom. The lowest BCUT2D eigenvalue weighted by Gasteiger charge is -2.27. The molecule has 1 aromatic carbocycles. The highest BCUT2D eigenvalue weighted by molar-refractivity contribution is 7.99. The molecule has 1 aliphatic rings. The predicted octanol–water partition coefficient (Wildman–Crippen LogP) is 2.26. The molecule has 0 aliphatic carbocycles. The SMILES string of the molecule is CCC(=O)c1ccc(OCC(O)CSc2nnc(N3CCOCC3)n2CC)cc1. The van der Waals surface area contributed by atoms with E-state index >= 15 is 0 Å². The number of benzene rings is 1. The second-order valence-corrected chi connectivity index (χ2v) is 7.69. The van der Waals surface area contributed by atoms with Crippen molar-refractivity contribution in [1.82, 2.24) is 14.8 Å². The molecule has 29 heavy (non-hydrogen) atoms. The molecular formula is C20H28N4O4S. The highest BCUT2D eigenvalue weighted by Gasteiger charge is 2.20. The zero-order chi connectivity index (χ0) is 20.6. The number of aliphatic hydroxyl groups excluding tert-OH is 1. The first-order valence-electron chi connectivity index (χ1n) is 9.95. The molecule has 9 heteroatoms. The lowest BCUT2D eigenvalue weighted by atomic mass is 10.1. The van der Waals surface area contributed by atoms with Crippen LogP contribution in [0.4, 0.5) is 5.95 Å². The number of aromatic nitrogens is 3. The van der Waals surface area contributed by atoms with E-state index < -0.39 is 6.10 Å². The minimum Gasteiger partial charge on any atom is -0.491 e. The van der Waals surface area contributed by atoms with Crippen LogP contribution in [-0.4, -0.2) is 70.4 Å². The van der Waals surface area contributed by atoms with E-state index in [1.165, 1.54) is 11.8 Å². The van der Waals surface area contributed by atoms with Crippen LogP contribution in [0.15, 0.2) is 29.4 Å². The molecule has 1 N–H and O–H groups in total. The summed E-state index contributed by atoms with van der Waals surface area (Å²) in [5.41, 5.74) is 0.672. The molecule has 1 saturated heterocycles. The van der Waals surface area contributed by atoms with E-state index in [0.717, 1.165) is 30.7 Å². The van der Waals surface area contributed by atoms with Crippen LogP contribution in [-0.2, 0) is 11.3 Å². The molecule has 158 valence electrons. The Morgan fingerprint density at radius 3 is 2.62 bits per heavy atom. The smallest absolute Gasteiger partial charge is 0.228 e. The zero-order valence-electron chi connectivity index (χ0n) is 16.9. The van der Waals surface area contributed by atoms with E-state index in [1.54, 1.807) is 24.3 Å². The molecule has 1 aromatic heterocycles. The summed E-state index contributed by atoms with van der Waals surface area (Å²) in [6.45, 7) is 7.84. The standard InChI is InChI=1S/C20H28N4O4S/c1-3-18(26)15-5-7-17(8-6-15)28-13-16(25)14-29-20-22-21-19(24(20)4-2)23-9-11-27-12-10-23/h5-8,16,25H,3-4,9-14H2,1-2H3. The maximum Gasteiger partial charge on any atom is 0.228 e. The molecule has 0 spiro atoms. The summed E-state index contributed by atoms with van der Waals surface area (Å²) in [7, 11) is 0. The first-order valence-corrected chi connectivity index (χ1v) is 10.9. The van der Waals surface area contributed by atoms with E-state index in [2.05, 4.69) is 26.6 Å². The van der Waals surface area contributed by atoms with Gasteiger partial charge in [-0.1, -0.05) is 18.7 Å². The van der Waals surface area contributed by atoms with Gasteiger partial charge < -0.3 is 19.5 Å². The number of thioether (sulfide) groups is 1. The first-order chi connectivity index (χ1) is 14.1. The molecule has 1 aliphatic heterocycles. The maximum absolute atomic E-state index is 11.7. The van der Waals surface area contributed by atoms with E-state index in [1.807, 2.05) is 6.92 Å². The van der Waals surface area contributed by atoms with Gasteiger partial charge in [0.15, 0.2) is 10.9 Å². The molecule has 1 fully saturated rings. The van der Waals surface area contributed by atoms with Crippen LogP contribution in [0.3, 0.4) is 0 Å². The Balaban J connectivity index is 1.49. The van der Waals surface area contributed by atoms with Crippen molar-refractivity contribution >= 4 is 23.5 Å². The number of ketones is 1. The zero-order valence-corrected chi connectivity index (χ0v) is 17.7. The van der Waals surface area contributed by atoms with Crippen molar-refractivity contribution in [2.45, 2.75) is 38.1 Å². The lowest BCUT2D eigenvalue weighted by molar-refractivity contribution is 0.0987. The van der Waals surface area contributed by atoms with Crippen LogP contribution in [0.1, 0.15) is 30.6 Å². The molecule has 8 nitrogen and oxygen atoms in total. The maximum atomic E-state index is 11.7. The quantitative estimate of drug-likeness (QED) is 0.462. The average molecular weight is 421 g/mol. The van der Waals surface area contributed by atoms with Crippen molar-refractivity contribution in [3.8, 4) is 5.75 Å². The number of rotatable bonds is 10. The minimum atomic E-state index is -0.647. The van der Waals surface area contributed by atoms with Gasteiger partial charge in [-0.3, -0.25) is 9.36 Å². The van der Waals surface area contributed by atoms with Gasteiger partial charge in [-0.15, -0.1) is 10.2 Å². The van der Waals surface area contributed by atoms with Gasteiger partial charge in [-0.2, -0.15) is 0 Å². The molecule has 0 bridgehead atoms. The Bertz CT molecular complexity index is 790. The van der Waals surface area contributed by atoms with Crippen LogP contribution in [0.25, 0.3) is 0 Å². The number of ether oxygens (including phenoxy) is 2. The van der Waals surface area contributed by atoms with E-state index in [0.29, 0.717) is 36.7 Å². The summed E-state index contributed by atoms with van der Waals surface area (Å²) < 4.78 is 13.1. The Hall–Kier alpha value is -2.10. The number of anilines is 1. The molecule has 1 unspecified atom stereocenters. The largest absolute Gasteiger partial charge is 0.491 e. The van der Waals surface area contributed by atoms with Crippen LogP contribution < -0.4 is 9.64 Å². The van der Waals surface area contributed by atoms with Gasteiger partial charge in [0.2, 0.25) is 5.95 Å². The number of carbonyl (C=O) groups is 1. The van der Waals surface area contributed by atoms with E-state index in [9.17, 15) is 9.90 Å². The topological polar surface area (TPSA) is 89.7 Å². The second kappa shape index (κ2) is 10.6. The van der Waals surface area contributed by atoms with Crippen LogP contribution in [0, 0.1) is 0 Å². The van der Waals surface area contributed by atoms with E-state index in [-0.39, 0.29) is 12.4 Å². The molecule has 2 aromatic rings. The summed E-state index contributed by atoms with van der Waals surface area (Å²) in [6, 6.07) is 7.01. The summed E-state index contributed by atoms with van der Waals surface area (Å²) >= 11 is 1.47. The summed E-state index contributed by atoms with van der Waals surface area (Å²) in [6.07, 6.45) is -0.169. The molecule has 2 heterocycles. The van der Waals surface area contributed by atoms with Gasteiger partial charge in [0.1, 0.15) is 12.4 Å². The van der Waals surface area contributed by atoms with Crippen LogP contribution >= 0.6 is 11.8 Å². The normalized spacial score (nSPS) is 15.3. The van der Waals surface area contributed by atoms with Crippen LogP contribution in [0.5, 0.6) is 5.75 Å². The van der Waals surface area contributed by atoms with Gasteiger partial charge in [0, 0.05) is 37.4 Å². The number of hydrogen-bond acceptors (Lipinski definition) is 8. The number of morpholine rings is 1. The monoisotopic (exact) mass is 420 g/mol. The van der Waals surface area contributed by atoms with Gasteiger partial charge in [-0.25, -0.2) is 0 Å². The molecule has 0 saturated carbocycles. The van der Waals surface area contributed by atoms with Crippen LogP contribution in [0.2, 0.25) is 0 Å². The fraction of sp³-hybridized carbons (Fsp3) is 0.550. The number of Topliss-reactive ketones (excluding diaryl/α,β-unsaturated/α-hetero) is 1. The Morgan fingerprint density at radius 1 is 1.24 bits per heavy atom. The van der Waals surface area contributed by atoms with E-state index in [4.69, 9.17) is 9.47 Å². The summed E-state index contributed by atoms with van der Waals surface area (Å²) in [5.74, 6) is 2.04. The van der Waals surface area contributed by atoms with Crippen molar-refractivity contribution in [2.75, 3.05) is 43.6 Å². The van der Waals surface area contributed by atoms with Crippen molar-refractivity contribution in [3.63, 3.8) is 0 Å². The van der Waals surface area contributed by atoms with Crippen molar-refractivity contribution in [2.24, 2.45) is 0 Å². The molecule has 1 atom stereocenters. The third-order valence-corrected chi connectivity index (χ3v) is 5.76. The average Bonchev–Trinajstić information content (AvgIpc) is 3.19. The van der Waals surface area contributed by atoms with Crippen molar-refractivity contribution in [1.29, 1.82) is 0 Å². The van der Waals surface area contributed by atoms with Crippen molar-refractivity contribution < 1.29 is 19.4 Å². The number of carbonyl (C=O) groups excluding carboxylic acids is 1. The summed E-state index contributed by atoms with van der Waals surface area (Å²) in [4.78, 5) is 13.8. The molecule has 3 rings (SSSR count). The molecular weight excluding hydrogens is 392 g/mol. The molecule has 0 radical (unpaired) electrons. The fourth-order valence-corrected chi connectivity index (χ4v) is 3.92. The van der Waals surface area contributed by atoms with Gasteiger partial charge in [-0.05, 0) is 31.2 Å². The number of hydrogen-bond donors (Lipinski definition) is 1. The van der Waals surface area contributed by atoms with Gasteiger partial charge in [0.05, 0.1) is 19.3 Å². The fourth-order valence-electron chi connectivity index (χ4n) is 3.01. The molecule has 0 amide bonds. The lowest BCUT2D eigenvalue weighted by Crippen LogP contribution is -2.38. The predicted molar refractivity (Wildman–Crippen MR) is 112 cm³/mol. The minimum absolute atomic E-state index is 0.101. The highest BCUT2D eigenvalue weighted by Crippen LogP contribution is 2.23. The summed E-state index contributed by atoms with van der Waals surface area (Å²) in [5, 5.41) is 19.7. The van der Waals surface area contributed by atoms with Crippen molar-refractivity contribution in [3.05, 3.63) is 29.8 Å². The highest BCUT2D eigenvalue weighted by atomic mass is 32.2. The Kier molecular flexibility index (Phi) is 7.91.